The minimum atomic E-state index is -4.73. The Labute approximate surface area is 147 Å². The molecule has 0 aromatic rings. The molecule has 6 N–H and O–H groups in total. The molecule has 0 amide bonds. The van der Waals surface area contributed by atoms with Crippen LogP contribution in [0.5, 0.6) is 0 Å². The molecule has 0 bridgehead atoms. The first kappa shape index (κ1) is 22.2. The molecule has 0 radical (unpaired) electrons. The summed E-state index contributed by atoms with van der Waals surface area (Å²) in [5.74, 6) is 0. The first-order valence-electron chi connectivity index (χ1n) is 4.30. The van der Waals surface area contributed by atoms with E-state index in [0.717, 1.165) is 0 Å². The number of phosphoric ester groups is 1. The Kier molecular flexibility index (Phi) is 11.1. The molecule has 0 aliphatic carbocycles. The van der Waals surface area contributed by atoms with Crippen LogP contribution in [0.3, 0.4) is 0 Å². The van der Waals surface area contributed by atoms with Crippen LogP contribution < -0.4 is 0 Å². The van der Waals surface area contributed by atoms with Crippen LogP contribution in [0.4, 0.5) is 0 Å². The van der Waals surface area contributed by atoms with Crippen molar-refractivity contribution in [3.8, 4) is 0 Å². The van der Waals surface area contributed by atoms with E-state index in [9.17, 15) is 14.8 Å². The summed E-state index contributed by atoms with van der Waals surface area (Å²) in [6.07, 6.45) is -8.11. The standard InChI is InChI=1S/C6H13O9P.2Na.2H/c7-3-2(1-14-16(11,12)13)15-6(10)5(9)4(3)8;;;;/h2-10H,1H2,(H2,11,12,13);;;;/t2-,3-,4+,5-,6+;;;;/m1..../s1. The minimum absolute atomic E-state index is 0. The molecule has 1 heterocycles. The van der Waals surface area contributed by atoms with Gasteiger partial charge in [0.15, 0.2) is 6.29 Å². The number of ether oxygens (including phenoxy) is 1. The third-order valence-corrected chi connectivity index (χ3v) is 2.58. The molecule has 1 aliphatic heterocycles. The SMILES string of the molecule is O=P(O)(O)OC[C@H]1O[C@H](O)[C@H](O)[C@@H](O)[C@@H]1O.[NaH].[NaH]. The zero-order valence-corrected chi connectivity index (χ0v) is 8.84. The number of aliphatic hydroxyl groups is 4. The fraction of sp³-hybridized carbons (Fsp3) is 1.00. The van der Waals surface area contributed by atoms with Crippen molar-refractivity contribution in [2.75, 3.05) is 6.61 Å². The van der Waals surface area contributed by atoms with Gasteiger partial charge in [-0.25, -0.2) is 4.57 Å². The van der Waals surface area contributed by atoms with Crippen LogP contribution in [0.25, 0.3) is 0 Å². The first-order chi connectivity index (χ1) is 7.22. The van der Waals surface area contributed by atoms with Gasteiger partial charge >= 0.3 is 66.9 Å². The van der Waals surface area contributed by atoms with Gasteiger partial charge in [-0.15, -0.1) is 0 Å². The zero-order valence-electron chi connectivity index (χ0n) is 7.95. The van der Waals surface area contributed by atoms with Gasteiger partial charge in [0.2, 0.25) is 0 Å². The van der Waals surface area contributed by atoms with E-state index in [1.54, 1.807) is 0 Å². The zero-order chi connectivity index (χ0) is 12.5. The fourth-order valence-electron chi connectivity index (χ4n) is 1.24. The molecule has 1 fully saturated rings. The third-order valence-electron chi connectivity index (χ3n) is 2.09. The van der Waals surface area contributed by atoms with Gasteiger partial charge in [0.05, 0.1) is 6.61 Å². The van der Waals surface area contributed by atoms with Crippen molar-refractivity contribution >= 4 is 66.9 Å². The van der Waals surface area contributed by atoms with Gasteiger partial charge in [0, 0.05) is 0 Å². The maximum absolute atomic E-state index is 10.4. The second-order valence-electron chi connectivity index (χ2n) is 3.32. The quantitative estimate of drug-likeness (QED) is 0.224. The van der Waals surface area contributed by atoms with Crippen LogP contribution >= 0.6 is 7.82 Å². The molecule has 12 heteroatoms. The van der Waals surface area contributed by atoms with Crippen molar-refractivity contribution in [2.45, 2.75) is 30.7 Å². The summed E-state index contributed by atoms with van der Waals surface area (Å²) in [7, 11) is -4.73. The van der Waals surface area contributed by atoms with Gasteiger partial charge < -0.3 is 34.9 Å². The van der Waals surface area contributed by atoms with Crippen molar-refractivity contribution in [3.63, 3.8) is 0 Å². The third kappa shape index (κ3) is 6.57. The maximum atomic E-state index is 10.4. The molecule has 0 unspecified atom stereocenters. The second kappa shape index (κ2) is 9.04. The molecule has 18 heavy (non-hydrogen) atoms. The van der Waals surface area contributed by atoms with E-state index >= 15 is 0 Å². The Hall–Kier alpha value is 1.91. The molecule has 0 aromatic heterocycles. The Balaban J connectivity index is 0. The number of aliphatic hydroxyl groups excluding tert-OH is 4. The predicted molar refractivity (Wildman–Crippen MR) is 61.2 cm³/mol. The predicted octanol–water partition coefficient (Wildman–Crippen LogP) is -4.40. The summed E-state index contributed by atoms with van der Waals surface area (Å²) in [4.78, 5) is 16.8. The van der Waals surface area contributed by atoms with Crippen LogP contribution in [0.2, 0.25) is 0 Å². The summed E-state index contributed by atoms with van der Waals surface area (Å²) in [5, 5.41) is 36.7. The topological polar surface area (TPSA) is 157 Å². The van der Waals surface area contributed by atoms with Gasteiger partial charge in [0.1, 0.15) is 24.4 Å². The molecule has 5 atom stereocenters. The number of rotatable bonds is 3. The summed E-state index contributed by atoms with van der Waals surface area (Å²) in [6.45, 7) is -0.730. The van der Waals surface area contributed by atoms with E-state index in [0.29, 0.717) is 0 Å². The van der Waals surface area contributed by atoms with Crippen LogP contribution in [0, 0.1) is 0 Å². The van der Waals surface area contributed by atoms with Crippen molar-refractivity contribution in [1.82, 2.24) is 0 Å². The van der Waals surface area contributed by atoms with Crippen LogP contribution in [-0.4, -0.2) is 127 Å². The summed E-state index contributed by atoms with van der Waals surface area (Å²) in [5.41, 5.74) is 0. The molecule has 0 spiro atoms. The van der Waals surface area contributed by atoms with Gasteiger partial charge in [-0.2, -0.15) is 0 Å². The Morgan fingerprint density at radius 2 is 1.50 bits per heavy atom. The monoisotopic (exact) mass is 308 g/mol. The normalized spacial score (nSPS) is 36.4. The summed E-state index contributed by atoms with van der Waals surface area (Å²) in [6, 6.07) is 0. The van der Waals surface area contributed by atoms with Gasteiger partial charge in [-0.3, -0.25) is 4.52 Å². The average Bonchev–Trinajstić information content (AvgIpc) is 2.17. The van der Waals surface area contributed by atoms with E-state index in [2.05, 4.69) is 9.26 Å². The Bertz CT molecular complexity index is 286. The van der Waals surface area contributed by atoms with E-state index in [1.165, 1.54) is 0 Å². The molecule has 0 aromatic carbocycles. The molecular formula is C6H15Na2O9P. The molecule has 9 nitrogen and oxygen atoms in total. The molecule has 1 saturated heterocycles. The number of phosphoric acid groups is 1. The van der Waals surface area contributed by atoms with E-state index in [1.807, 2.05) is 0 Å². The Morgan fingerprint density at radius 1 is 1.00 bits per heavy atom. The summed E-state index contributed by atoms with van der Waals surface area (Å²) < 4.78 is 19.0. The van der Waals surface area contributed by atoms with Crippen molar-refractivity contribution in [3.05, 3.63) is 0 Å². The molecular weight excluding hydrogens is 293 g/mol. The fourth-order valence-corrected chi connectivity index (χ4v) is 1.58. The molecule has 1 rings (SSSR count). The van der Waals surface area contributed by atoms with Crippen molar-refractivity contribution < 1.29 is 44.0 Å². The van der Waals surface area contributed by atoms with Gasteiger partial charge in [0.25, 0.3) is 0 Å². The molecule has 1 aliphatic rings. The van der Waals surface area contributed by atoms with Crippen molar-refractivity contribution in [2.24, 2.45) is 0 Å². The number of hydrogen-bond donors (Lipinski definition) is 6. The first-order valence-corrected chi connectivity index (χ1v) is 5.83. The number of hydrogen-bond acceptors (Lipinski definition) is 7. The molecule has 100 valence electrons. The second-order valence-corrected chi connectivity index (χ2v) is 4.56. The Morgan fingerprint density at radius 3 is 1.94 bits per heavy atom. The van der Waals surface area contributed by atoms with Crippen molar-refractivity contribution in [1.29, 1.82) is 0 Å². The average molecular weight is 308 g/mol. The van der Waals surface area contributed by atoms with Crippen LogP contribution in [-0.2, 0) is 13.8 Å². The van der Waals surface area contributed by atoms with Crippen LogP contribution in [0.1, 0.15) is 0 Å². The van der Waals surface area contributed by atoms with E-state index in [-0.39, 0.29) is 59.1 Å². The van der Waals surface area contributed by atoms with E-state index in [4.69, 9.17) is 20.0 Å². The summed E-state index contributed by atoms with van der Waals surface area (Å²) >= 11 is 0. The van der Waals surface area contributed by atoms with Gasteiger partial charge in [-0.05, 0) is 0 Å². The van der Waals surface area contributed by atoms with Crippen LogP contribution in [0.15, 0.2) is 0 Å². The molecule has 0 saturated carbocycles. The van der Waals surface area contributed by atoms with Gasteiger partial charge in [-0.1, -0.05) is 0 Å². The van der Waals surface area contributed by atoms with E-state index < -0.39 is 45.1 Å².